The van der Waals surface area contributed by atoms with Crippen molar-refractivity contribution in [2.24, 2.45) is 5.92 Å². The predicted octanol–water partition coefficient (Wildman–Crippen LogP) is 3.33. The van der Waals surface area contributed by atoms with E-state index >= 15 is 0 Å². The van der Waals surface area contributed by atoms with Gasteiger partial charge in [-0.05, 0) is 38.2 Å². The zero-order chi connectivity index (χ0) is 13.4. The van der Waals surface area contributed by atoms with Crippen molar-refractivity contribution in [3.63, 3.8) is 0 Å². The van der Waals surface area contributed by atoms with E-state index in [0.29, 0.717) is 5.56 Å². The lowest BCUT2D eigenvalue weighted by Gasteiger charge is -2.36. The number of hydrogen-bond donors (Lipinski definition) is 1. The summed E-state index contributed by atoms with van der Waals surface area (Å²) < 4.78 is 37.7. The van der Waals surface area contributed by atoms with Gasteiger partial charge in [0.15, 0.2) is 0 Å². The van der Waals surface area contributed by atoms with Gasteiger partial charge in [0.05, 0.1) is 11.5 Å². The summed E-state index contributed by atoms with van der Waals surface area (Å²) in [5.74, 6) is -1.28. The highest BCUT2D eigenvalue weighted by molar-refractivity contribution is 5.23. The molecule has 0 unspecified atom stereocenters. The molecule has 2 rings (SSSR count). The van der Waals surface area contributed by atoms with Crippen LogP contribution in [0.4, 0.5) is 13.2 Å². The second-order valence-electron chi connectivity index (χ2n) is 5.10. The van der Waals surface area contributed by atoms with E-state index in [9.17, 15) is 18.3 Å². The summed E-state index contributed by atoms with van der Waals surface area (Å²) in [5.41, 5.74) is 0.378. The van der Waals surface area contributed by atoms with Gasteiger partial charge in [-0.2, -0.15) is 13.2 Å². The maximum absolute atomic E-state index is 12.6. The van der Waals surface area contributed by atoms with Crippen molar-refractivity contribution >= 4 is 0 Å². The summed E-state index contributed by atoms with van der Waals surface area (Å²) >= 11 is 0. The van der Waals surface area contributed by atoms with Crippen molar-refractivity contribution in [2.75, 3.05) is 0 Å². The third kappa shape index (κ3) is 2.66. The molecule has 0 atom stereocenters. The number of aliphatic hydroxyl groups is 1. The molecule has 0 radical (unpaired) electrons. The molecule has 0 aromatic carbocycles. The molecule has 1 aromatic heterocycles. The summed E-state index contributed by atoms with van der Waals surface area (Å²) in [6.07, 6.45) is -0.701. The van der Waals surface area contributed by atoms with E-state index < -0.39 is 17.7 Å². The fourth-order valence-electron chi connectivity index (χ4n) is 2.52. The van der Waals surface area contributed by atoms with Crippen LogP contribution in [0.2, 0.25) is 0 Å². The molecule has 0 saturated heterocycles. The van der Waals surface area contributed by atoms with Gasteiger partial charge in [-0.25, -0.2) is 0 Å². The van der Waals surface area contributed by atoms with Gasteiger partial charge in [0.25, 0.3) is 0 Å². The molecular weight excluding hydrogens is 243 g/mol. The largest absolute Gasteiger partial charge is 0.391 e. The van der Waals surface area contributed by atoms with Crippen LogP contribution in [0.25, 0.3) is 0 Å². The van der Waals surface area contributed by atoms with Crippen molar-refractivity contribution in [1.82, 2.24) is 4.98 Å². The molecule has 18 heavy (non-hydrogen) atoms. The van der Waals surface area contributed by atoms with Crippen LogP contribution >= 0.6 is 0 Å². The third-order valence-electron chi connectivity index (χ3n) is 3.69. The summed E-state index contributed by atoms with van der Waals surface area (Å²) in [6, 6.07) is 1.79. The molecule has 1 aliphatic rings. The van der Waals surface area contributed by atoms with E-state index in [1.807, 2.05) is 6.92 Å². The fraction of sp³-hybridized carbons (Fsp3) is 0.615. The van der Waals surface area contributed by atoms with Gasteiger partial charge in [0.1, 0.15) is 0 Å². The molecule has 1 N–H and O–H groups in total. The van der Waals surface area contributed by atoms with Gasteiger partial charge < -0.3 is 5.11 Å². The van der Waals surface area contributed by atoms with Crippen molar-refractivity contribution in [2.45, 2.75) is 44.4 Å². The lowest BCUT2D eigenvalue weighted by atomic mass is 9.75. The highest BCUT2D eigenvalue weighted by Crippen LogP contribution is 2.44. The molecule has 1 fully saturated rings. The topological polar surface area (TPSA) is 33.1 Å². The highest BCUT2D eigenvalue weighted by atomic mass is 19.4. The molecule has 100 valence electrons. The Kier molecular flexibility index (Phi) is 3.36. The third-order valence-corrected chi connectivity index (χ3v) is 3.69. The number of alkyl halides is 3. The molecule has 0 amide bonds. The van der Waals surface area contributed by atoms with E-state index in [4.69, 9.17) is 0 Å². The quantitative estimate of drug-likeness (QED) is 0.839. The molecule has 5 heteroatoms. The van der Waals surface area contributed by atoms with E-state index in [1.54, 1.807) is 18.5 Å². The Bertz CT molecular complexity index is 422. The molecule has 1 heterocycles. The molecule has 0 aliphatic heterocycles. The average Bonchev–Trinajstić information content (AvgIpc) is 2.28. The zero-order valence-electron chi connectivity index (χ0n) is 10.2. The van der Waals surface area contributed by atoms with Gasteiger partial charge >= 0.3 is 6.18 Å². The number of hydrogen-bond acceptors (Lipinski definition) is 2. The Morgan fingerprint density at radius 2 is 1.89 bits per heavy atom. The number of aromatic nitrogens is 1. The smallest absolute Gasteiger partial charge is 0.385 e. The van der Waals surface area contributed by atoms with Crippen molar-refractivity contribution in [1.29, 1.82) is 0 Å². The first-order valence-corrected chi connectivity index (χ1v) is 6.02. The number of rotatable bonds is 1. The summed E-state index contributed by atoms with van der Waals surface area (Å²) in [5, 5.41) is 10.4. The van der Waals surface area contributed by atoms with Crippen LogP contribution in [0.15, 0.2) is 18.5 Å². The molecule has 0 bridgehead atoms. The number of nitrogens with zero attached hydrogens (tertiary/aromatic N) is 1. The van der Waals surface area contributed by atoms with Crippen LogP contribution < -0.4 is 0 Å². The number of pyridine rings is 1. The Hall–Kier alpha value is -1.10. The minimum absolute atomic E-state index is 0.0199. The maximum Gasteiger partial charge on any atom is 0.391 e. The zero-order valence-corrected chi connectivity index (χ0v) is 10.2. The first-order chi connectivity index (χ1) is 8.31. The van der Waals surface area contributed by atoms with Gasteiger partial charge in [0.2, 0.25) is 0 Å². The predicted molar refractivity (Wildman–Crippen MR) is 60.9 cm³/mol. The lowest BCUT2D eigenvalue weighted by Crippen LogP contribution is -2.36. The fourth-order valence-corrected chi connectivity index (χ4v) is 2.52. The van der Waals surface area contributed by atoms with Crippen LogP contribution in [0.5, 0.6) is 0 Å². The molecule has 1 aromatic rings. The van der Waals surface area contributed by atoms with Gasteiger partial charge in [0, 0.05) is 18.0 Å². The summed E-state index contributed by atoms with van der Waals surface area (Å²) in [6.45, 7) is 1.85. The summed E-state index contributed by atoms with van der Waals surface area (Å²) in [7, 11) is 0. The van der Waals surface area contributed by atoms with Gasteiger partial charge in [-0.15, -0.1) is 0 Å². The van der Waals surface area contributed by atoms with Crippen LogP contribution in [0, 0.1) is 12.8 Å². The lowest BCUT2D eigenvalue weighted by molar-refractivity contribution is -0.193. The van der Waals surface area contributed by atoms with E-state index in [2.05, 4.69) is 4.98 Å². The Morgan fingerprint density at radius 3 is 2.39 bits per heavy atom. The van der Waals surface area contributed by atoms with E-state index in [-0.39, 0.29) is 25.7 Å². The van der Waals surface area contributed by atoms with E-state index in [1.165, 1.54) is 0 Å². The summed E-state index contributed by atoms with van der Waals surface area (Å²) in [4.78, 5) is 3.99. The van der Waals surface area contributed by atoms with Crippen LogP contribution in [0.3, 0.4) is 0 Å². The van der Waals surface area contributed by atoms with Crippen LogP contribution in [-0.4, -0.2) is 16.3 Å². The molecule has 0 spiro atoms. The molecule has 1 saturated carbocycles. The van der Waals surface area contributed by atoms with Gasteiger partial charge in [-0.1, -0.05) is 6.07 Å². The van der Waals surface area contributed by atoms with Crippen molar-refractivity contribution in [3.8, 4) is 0 Å². The minimum Gasteiger partial charge on any atom is -0.385 e. The highest BCUT2D eigenvalue weighted by Gasteiger charge is 2.45. The Labute approximate surface area is 104 Å². The molecular formula is C13H16F3NO. The monoisotopic (exact) mass is 259 g/mol. The average molecular weight is 259 g/mol. The number of halogens is 3. The maximum atomic E-state index is 12.6. The Balaban J connectivity index is 2.12. The first-order valence-electron chi connectivity index (χ1n) is 6.02. The SMILES string of the molecule is Cc1cncc(C2(O)CCC(C(F)(F)F)CC2)c1. The molecule has 2 nitrogen and oxygen atoms in total. The van der Waals surface area contributed by atoms with Gasteiger partial charge in [-0.3, -0.25) is 4.98 Å². The normalized spacial score (nSPS) is 29.3. The Morgan fingerprint density at radius 1 is 1.28 bits per heavy atom. The minimum atomic E-state index is -4.15. The standard InChI is InChI=1S/C13H16F3NO/c1-9-6-11(8-17-7-9)12(18)4-2-10(3-5-12)13(14,15)16/h6-8,10,18H,2-5H2,1H3. The number of aryl methyl sites for hydroxylation is 1. The van der Waals surface area contributed by atoms with Crippen molar-refractivity contribution < 1.29 is 18.3 Å². The second kappa shape index (κ2) is 4.53. The van der Waals surface area contributed by atoms with E-state index in [0.717, 1.165) is 5.56 Å². The molecule has 1 aliphatic carbocycles. The van der Waals surface area contributed by atoms with Crippen molar-refractivity contribution in [3.05, 3.63) is 29.6 Å². The first kappa shape index (κ1) is 13.3. The van der Waals surface area contributed by atoms with Crippen LogP contribution in [0.1, 0.15) is 36.8 Å². The second-order valence-corrected chi connectivity index (χ2v) is 5.10. The van der Waals surface area contributed by atoms with Crippen LogP contribution in [-0.2, 0) is 5.60 Å².